The van der Waals surface area contributed by atoms with Gasteiger partial charge in [0, 0.05) is 19.6 Å². The first-order valence-electron chi connectivity index (χ1n) is 6.06. The Balaban J connectivity index is 1.92. The zero-order valence-corrected chi connectivity index (χ0v) is 11.1. The lowest BCUT2D eigenvalue weighted by Crippen LogP contribution is -2.35. The molecule has 1 aliphatic heterocycles. The fourth-order valence-corrected chi connectivity index (χ4v) is 2.44. The average Bonchev–Trinajstić information content (AvgIpc) is 2.33. The van der Waals surface area contributed by atoms with Crippen LogP contribution >= 0.6 is 0 Å². The Labute approximate surface area is 112 Å². The van der Waals surface area contributed by atoms with Crippen molar-refractivity contribution < 1.29 is 21.6 Å². The summed E-state index contributed by atoms with van der Waals surface area (Å²) >= 11 is 0. The van der Waals surface area contributed by atoms with E-state index < -0.39 is 10.5 Å². The first-order chi connectivity index (χ1) is 8.92. The number of benzene rings is 1. The molecule has 0 aliphatic carbocycles. The predicted molar refractivity (Wildman–Crippen MR) is 67.6 cm³/mol. The average molecular weight is 289 g/mol. The molecule has 1 aromatic rings. The first kappa shape index (κ1) is 14.2. The van der Waals surface area contributed by atoms with Gasteiger partial charge in [0.15, 0.2) is 0 Å². The number of aliphatic hydroxyl groups excluding tert-OH is 1. The lowest BCUT2D eigenvalue weighted by Gasteiger charge is -2.29. The highest BCUT2D eigenvalue weighted by atomic mass is 32.3. The van der Waals surface area contributed by atoms with Crippen molar-refractivity contribution in [2.24, 2.45) is 0 Å². The summed E-state index contributed by atoms with van der Waals surface area (Å²) in [5.41, 5.74) is 0.986. The molecule has 0 amide bonds. The van der Waals surface area contributed by atoms with E-state index in [0.717, 1.165) is 38.0 Å². The molecule has 1 saturated heterocycles. The van der Waals surface area contributed by atoms with E-state index in [-0.39, 0.29) is 11.9 Å². The molecule has 0 unspecified atom stereocenters. The largest absolute Gasteiger partial charge is 0.488 e. The topological polar surface area (TPSA) is 66.8 Å². The monoisotopic (exact) mass is 289 g/mol. The van der Waals surface area contributed by atoms with Crippen LogP contribution in [0.4, 0.5) is 3.89 Å². The lowest BCUT2D eigenvalue weighted by atomic mass is 10.1. The van der Waals surface area contributed by atoms with Gasteiger partial charge in [0.05, 0.1) is 6.10 Å². The molecule has 1 heterocycles. The summed E-state index contributed by atoms with van der Waals surface area (Å²) in [6.45, 7) is 2.38. The number of likely N-dealkylation sites (tertiary alicyclic amines) is 1. The summed E-state index contributed by atoms with van der Waals surface area (Å²) in [5.74, 6) is -0.0414. The summed E-state index contributed by atoms with van der Waals surface area (Å²) in [4.78, 5) is 2.20. The van der Waals surface area contributed by atoms with Gasteiger partial charge in [0.25, 0.3) is 0 Å². The van der Waals surface area contributed by atoms with E-state index in [2.05, 4.69) is 9.08 Å². The van der Waals surface area contributed by atoms with Crippen LogP contribution in [0.25, 0.3) is 0 Å². The second-order valence-electron chi connectivity index (χ2n) is 4.63. The molecule has 0 aromatic heterocycles. The highest BCUT2D eigenvalue weighted by Crippen LogP contribution is 2.18. The maximum atomic E-state index is 12.3. The number of rotatable bonds is 4. The maximum absolute atomic E-state index is 12.3. The van der Waals surface area contributed by atoms with Crippen LogP contribution in [0.5, 0.6) is 5.75 Å². The number of halogens is 1. The highest BCUT2D eigenvalue weighted by Gasteiger charge is 2.17. The number of nitrogens with zero attached hydrogens (tertiary/aromatic N) is 1. The molecule has 1 fully saturated rings. The minimum atomic E-state index is -4.96. The molecule has 0 spiro atoms. The van der Waals surface area contributed by atoms with E-state index in [0.29, 0.717) is 0 Å². The van der Waals surface area contributed by atoms with Crippen molar-refractivity contribution in [1.29, 1.82) is 0 Å². The van der Waals surface area contributed by atoms with Crippen molar-refractivity contribution in [2.45, 2.75) is 25.5 Å². The van der Waals surface area contributed by atoms with E-state index >= 15 is 0 Å². The van der Waals surface area contributed by atoms with Crippen LogP contribution in [0.15, 0.2) is 24.3 Å². The number of piperidine rings is 1. The Bertz CT molecular complexity index is 509. The second-order valence-corrected chi connectivity index (χ2v) is 5.58. The molecular formula is C12H16FNO4S. The van der Waals surface area contributed by atoms with Gasteiger partial charge in [-0.1, -0.05) is 16.0 Å². The molecular weight excluding hydrogens is 273 g/mol. The van der Waals surface area contributed by atoms with Gasteiger partial charge < -0.3 is 9.29 Å². The fraction of sp³-hybridized carbons (Fsp3) is 0.500. The number of hydrogen-bond acceptors (Lipinski definition) is 5. The van der Waals surface area contributed by atoms with Gasteiger partial charge in [0.1, 0.15) is 5.75 Å². The minimum absolute atomic E-state index is 0.0414. The van der Waals surface area contributed by atoms with Gasteiger partial charge in [-0.25, -0.2) is 0 Å². The van der Waals surface area contributed by atoms with E-state index in [9.17, 15) is 17.4 Å². The van der Waals surface area contributed by atoms with Crippen molar-refractivity contribution in [3.05, 3.63) is 29.8 Å². The molecule has 106 valence electrons. The normalized spacial score (nSPS) is 18.4. The van der Waals surface area contributed by atoms with Gasteiger partial charge in [-0.2, -0.15) is 8.42 Å². The third-order valence-corrected chi connectivity index (χ3v) is 3.47. The first-order valence-corrected chi connectivity index (χ1v) is 7.37. The van der Waals surface area contributed by atoms with E-state index in [1.807, 2.05) is 0 Å². The van der Waals surface area contributed by atoms with Crippen molar-refractivity contribution in [3.63, 3.8) is 0 Å². The Morgan fingerprint density at radius 2 is 1.84 bits per heavy atom. The van der Waals surface area contributed by atoms with Crippen LogP contribution in [0.1, 0.15) is 18.4 Å². The quantitative estimate of drug-likeness (QED) is 0.845. The smallest absolute Gasteiger partial charge is 0.393 e. The number of aliphatic hydroxyl groups is 1. The fourth-order valence-electron chi connectivity index (χ4n) is 2.10. The Kier molecular flexibility index (Phi) is 4.38. The molecule has 2 rings (SSSR count). The molecule has 0 bridgehead atoms. The van der Waals surface area contributed by atoms with Gasteiger partial charge in [0.2, 0.25) is 0 Å². The molecule has 7 heteroatoms. The summed E-state index contributed by atoms with van der Waals surface area (Å²) in [5, 5.41) is 9.40. The lowest BCUT2D eigenvalue weighted by molar-refractivity contribution is 0.0792. The van der Waals surface area contributed by atoms with E-state index in [1.165, 1.54) is 12.1 Å². The summed E-state index contributed by atoms with van der Waals surface area (Å²) in [7, 11) is -4.96. The van der Waals surface area contributed by atoms with Crippen molar-refractivity contribution in [1.82, 2.24) is 4.90 Å². The van der Waals surface area contributed by atoms with E-state index in [4.69, 9.17) is 0 Å². The van der Waals surface area contributed by atoms with Crippen LogP contribution in [-0.4, -0.2) is 37.6 Å². The van der Waals surface area contributed by atoms with Gasteiger partial charge >= 0.3 is 10.5 Å². The van der Waals surface area contributed by atoms with Gasteiger partial charge in [-0.05, 0) is 30.5 Å². The predicted octanol–water partition coefficient (Wildman–Crippen LogP) is 1.24. The molecule has 5 nitrogen and oxygen atoms in total. The Morgan fingerprint density at radius 3 is 2.37 bits per heavy atom. The molecule has 0 saturated carbocycles. The number of hydrogen-bond donors (Lipinski definition) is 1. The minimum Gasteiger partial charge on any atom is -0.393 e. The molecule has 1 aromatic carbocycles. The van der Waals surface area contributed by atoms with E-state index in [1.54, 1.807) is 12.1 Å². The molecule has 19 heavy (non-hydrogen) atoms. The standard InChI is InChI=1S/C12H16FNO4S/c13-19(16,17)18-12-3-1-10(2-4-12)9-14-7-5-11(15)6-8-14/h1-4,11,15H,5-9H2. The zero-order valence-electron chi connectivity index (χ0n) is 10.3. The second kappa shape index (κ2) is 5.85. The van der Waals surface area contributed by atoms with Crippen LogP contribution < -0.4 is 4.18 Å². The summed E-state index contributed by atoms with van der Waals surface area (Å²) in [6, 6.07) is 6.24. The van der Waals surface area contributed by atoms with Crippen molar-refractivity contribution >= 4 is 10.5 Å². The molecule has 0 atom stereocenters. The maximum Gasteiger partial charge on any atom is 0.488 e. The van der Waals surface area contributed by atoms with Crippen LogP contribution in [0, 0.1) is 0 Å². The zero-order chi connectivity index (χ0) is 13.9. The third-order valence-electron chi connectivity index (χ3n) is 3.08. The van der Waals surface area contributed by atoms with Crippen LogP contribution in [0.2, 0.25) is 0 Å². The molecule has 1 aliphatic rings. The molecule has 0 radical (unpaired) electrons. The molecule has 1 N–H and O–H groups in total. The van der Waals surface area contributed by atoms with Gasteiger partial charge in [-0.3, -0.25) is 4.90 Å². The summed E-state index contributed by atoms with van der Waals surface area (Å²) in [6.07, 6.45) is 1.32. The van der Waals surface area contributed by atoms with Crippen molar-refractivity contribution in [3.8, 4) is 5.75 Å². The third kappa shape index (κ3) is 4.77. The van der Waals surface area contributed by atoms with Crippen molar-refractivity contribution in [2.75, 3.05) is 13.1 Å². The highest BCUT2D eigenvalue weighted by molar-refractivity contribution is 7.81. The SMILES string of the molecule is O=S(=O)(F)Oc1ccc(CN2CCC(O)CC2)cc1. The Morgan fingerprint density at radius 1 is 1.26 bits per heavy atom. The summed E-state index contributed by atoms with van der Waals surface area (Å²) < 4.78 is 37.0. The van der Waals surface area contributed by atoms with Crippen LogP contribution in [0.3, 0.4) is 0 Å². The van der Waals surface area contributed by atoms with Crippen LogP contribution in [-0.2, 0) is 17.0 Å². The van der Waals surface area contributed by atoms with Gasteiger partial charge in [-0.15, -0.1) is 0 Å². The Hall–Kier alpha value is -1.18.